The molecule has 0 aliphatic heterocycles. The van der Waals surface area contributed by atoms with Crippen molar-refractivity contribution in [3.63, 3.8) is 0 Å². The first-order valence-electron chi connectivity index (χ1n) is 3.91. The molecule has 8 heteroatoms. The Morgan fingerprint density at radius 3 is 2.19 bits per heavy atom. The molecule has 0 spiro atoms. The summed E-state index contributed by atoms with van der Waals surface area (Å²) in [5, 5.41) is 7.27. The zero-order valence-corrected chi connectivity index (χ0v) is 8.74. The molecule has 6 nitrogen and oxygen atoms in total. The van der Waals surface area contributed by atoms with Crippen LogP contribution in [0.5, 0.6) is 0 Å². The molecule has 0 unspecified atom stereocenters. The third-order valence-corrected chi connectivity index (χ3v) is 2.54. The van der Waals surface area contributed by atoms with Gasteiger partial charge in [-0.25, -0.2) is 18.4 Å². The number of ether oxygens (including phenoxy) is 1. The summed E-state index contributed by atoms with van der Waals surface area (Å²) in [6.07, 6.45) is -0.627. The molecule has 0 bridgehead atoms. The van der Waals surface area contributed by atoms with E-state index in [2.05, 4.69) is 10.1 Å². The number of hydrogen-bond donors (Lipinski definition) is 2. The predicted molar refractivity (Wildman–Crippen MR) is 61.0 cm³/mol. The second kappa shape index (κ2) is 6.21. The van der Waals surface area contributed by atoms with E-state index < -0.39 is 16.1 Å². The standard InChI is InChI=1S/C8H10N2O4S.Na.H/c1-14-8(11)10-6-2-4-7(5-3-6)15(9,12)13;;/h2-5H,1H3,(H,10,11)(H2,9,12,13);;. The molecule has 0 saturated carbocycles. The van der Waals surface area contributed by atoms with Crippen LogP contribution in [0, 0.1) is 0 Å². The van der Waals surface area contributed by atoms with E-state index in [1.54, 1.807) is 0 Å². The van der Waals surface area contributed by atoms with Crippen molar-refractivity contribution in [2.45, 2.75) is 4.90 Å². The molecule has 16 heavy (non-hydrogen) atoms. The molecule has 3 N–H and O–H groups in total. The Hall–Kier alpha value is -0.600. The molecular weight excluding hydrogens is 243 g/mol. The summed E-state index contributed by atoms with van der Waals surface area (Å²) < 4.78 is 26.1. The number of carbonyl (C=O) groups excluding carboxylic acids is 1. The van der Waals surface area contributed by atoms with Gasteiger partial charge in [-0.1, -0.05) is 0 Å². The first-order valence-corrected chi connectivity index (χ1v) is 5.46. The number of benzene rings is 1. The third kappa shape index (κ3) is 4.50. The fourth-order valence-corrected chi connectivity index (χ4v) is 1.41. The number of methoxy groups -OCH3 is 1. The van der Waals surface area contributed by atoms with E-state index in [0.29, 0.717) is 5.69 Å². The Morgan fingerprint density at radius 1 is 1.31 bits per heavy atom. The van der Waals surface area contributed by atoms with Gasteiger partial charge in [0.2, 0.25) is 10.0 Å². The predicted octanol–water partition coefficient (Wildman–Crippen LogP) is -0.136. The number of nitrogens with two attached hydrogens (primary N) is 1. The molecular formula is C8H11N2NaO4S. The van der Waals surface area contributed by atoms with Gasteiger partial charge in [0, 0.05) is 5.69 Å². The summed E-state index contributed by atoms with van der Waals surface area (Å²) in [6.45, 7) is 0. The summed E-state index contributed by atoms with van der Waals surface area (Å²) in [5.41, 5.74) is 0.425. The van der Waals surface area contributed by atoms with Gasteiger partial charge >= 0.3 is 35.7 Å². The van der Waals surface area contributed by atoms with Crippen LogP contribution >= 0.6 is 0 Å². The van der Waals surface area contributed by atoms with E-state index in [0.717, 1.165) is 0 Å². The van der Waals surface area contributed by atoms with Crippen molar-refractivity contribution in [1.29, 1.82) is 0 Å². The second-order valence-corrected chi connectivity index (χ2v) is 4.25. The van der Waals surface area contributed by atoms with Crippen LogP contribution in [0.15, 0.2) is 29.2 Å². The molecule has 0 fully saturated rings. The zero-order valence-electron chi connectivity index (χ0n) is 7.93. The van der Waals surface area contributed by atoms with Gasteiger partial charge in [0.05, 0.1) is 12.0 Å². The Labute approximate surface area is 116 Å². The van der Waals surface area contributed by atoms with E-state index in [4.69, 9.17) is 5.14 Å². The number of amides is 1. The van der Waals surface area contributed by atoms with Crippen LogP contribution in [0.1, 0.15) is 0 Å². The second-order valence-electron chi connectivity index (χ2n) is 2.69. The quantitative estimate of drug-likeness (QED) is 0.718. The van der Waals surface area contributed by atoms with Gasteiger partial charge in [0.15, 0.2) is 0 Å². The van der Waals surface area contributed by atoms with E-state index in [9.17, 15) is 13.2 Å². The van der Waals surface area contributed by atoms with Gasteiger partial charge in [-0.2, -0.15) is 0 Å². The van der Waals surface area contributed by atoms with Crippen LogP contribution in [0.25, 0.3) is 0 Å². The molecule has 0 aliphatic rings. The van der Waals surface area contributed by atoms with Crippen LogP contribution in [0.4, 0.5) is 10.5 Å². The van der Waals surface area contributed by atoms with Gasteiger partial charge in [0.25, 0.3) is 0 Å². The summed E-state index contributed by atoms with van der Waals surface area (Å²) in [4.78, 5) is 10.8. The zero-order chi connectivity index (χ0) is 11.5. The van der Waals surface area contributed by atoms with Crippen LogP contribution in [0.2, 0.25) is 0 Å². The van der Waals surface area contributed by atoms with Gasteiger partial charge in [-0.3, -0.25) is 5.32 Å². The van der Waals surface area contributed by atoms with Crippen LogP contribution < -0.4 is 10.5 Å². The van der Waals surface area contributed by atoms with Gasteiger partial charge in [-0.05, 0) is 24.3 Å². The van der Waals surface area contributed by atoms with Gasteiger partial charge in [-0.15, -0.1) is 0 Å². The van der Waals surface area contributed by atoms with Crippen molar-refractivity contribution < 1.29 is 17.9 Å². The Balaban J connectivity index is 0.00000225. The number of primary sulfonamides is 1. The minimum atomic E-state index is -3.70. The molecule has 0 aromatic heterocycles. The minimum absolute atomic E-state index is 0. The molecule has 1 aromatic rings. The molecule has 0 aliphatic carbocycles. The Morgan fingerprint density at radius 2 is 1.81 bits per heavy atom. The molecule has 1 aromatic carbocycles. The van der Waals surface area contributed by atoms with Crippen molar-refractivity contribution in [2.24, 2.45) is 5.14 Å². The van der Waals surface area contributed by atoms with E-state index >= 15 is 0 Å². The van der Waals surface area contributed by atoms with Crippen LogP contribution in [-0.4, -0.2) is 51.2 Å². The van der Waals surface area contributed by atoms with Crippen molar-refractivity contribution >= 4 is 51.4 Å². The van der Waals surface area contributed by atoms with E-state index in [-0.39, 0.29) is 34.5 Å². The van der Waals surface area contributed by atoms with E-state index in [1.165, 1.54) is 31.4 Å². The Bertz CT molecular complexity index is 457. The normalized spacial score (nSPS) is 10.1. The van der Waals surface area contributed by atoms with E-state index in [1.807, 2.05) is 0 Å². The van der Waals surface area contributed by atoms with Gasteiger partial charge in [0.1, 0.15) is 0 Å². The molecule has 1 rings (SSSR count). The summed E-state index contributed by atoms with van der Waals surface area (Å²) in [6, 6.07) is 5.41. The Kier molecular flexibility index (Phi) is 5.98. The average Bonchev–Trinajstić information content (AvgIpc) is 2.17. The van der Waals surface area contributed by atoms with Crippen molar-refractivity contribution in [3.8, 4) is 0 Å². The third-order valence-electron chi connectivity index (χ3n) is 1.61. The molecule has 0 radical (unpaired) electrons. The number of carbonyl (C=O) groups is 1. The number of nitrogens with one attached hydrogen (secondary N) is 1. The molecule has 0 atom stereocenters. The summed E-state index contributed by atoms with van der Waals surface area (Å²) >= 11 is 0. The number of rotatable bonds is 2. The summed E-state index contributed by atoms with van der Waals surface area (Å²) in [5.74, 6) is 0. The first-order chi connectivity index (χ1) is 6.93. The summed E-state index contributed by atoms with van der Waals surface area (Å²) in [7, 11) is -2.47. The molecule has 0 heterocycles. The fraction of sp³-hybridized carbons (Fsp3) is 0.125. The monoisotopic (exact) mass is 254 g/mol. The fourth-order valence-electron chi connectivity index (χ4n) is 0.897. The molecule has 1 amide bonds. The number of anilines is 1. The maximum atomic E-state index is 10.9. The average molecular weight is 254 g/mol. The number of sulfonamides is 1. The first kappa shape index (κ1) is 15.4. The van der Waals surface area contributed by atoms with Crippen molar-refractivity contribution in [2.75, 3.05) is 12.4 Å². The van der Waals surface area contributed by atoms with Crippen LogP contribution in [0.3, 0.4) is 0 Å². The molecule has 84 valence electrons. The van der Waals surface area contributed by atoms with Gasteiger partial charge < -0.3 is 4.74 Å². The van der Waals surface area contributed by atoms with Crippen molar-refractivity contribution in [3.05, 3.63) is 24.3 Å². The molecule has 0 saturated heterocycles. The number of hydrogen-bond acceptors (Lipinski definition) is 4. The van der Waals surface area contributed by atoms with Crippen LogP contribution in [-0.2, 0) is 14.8 Å². The topological polar surface area (TPSA) is 98.5 Å². The maximum absolute atomic E-state index is 10.9. The SMILES string of the molecule is COC(=O)Nc1ccc(S(N)(=O)=O)cc1.[NaH]. The van der Waals surface area contributed by atoms with Crippen molar-refractivity contribution in [1.82, 2.24) is 0 Å².